The van der Waals surface area contributed by atoms with E-state index < -0.39 is 10.1 Å². The molecule has 0 aliphatic rings. The van der Waals surface area contributed by atoms with Gasteiger partial charge < -0.3 is 1.43 Å². The van der Waals surface area contributed by atoms with Gasteiger partial charge in [0.2, 0.25) is 0 Å². The molecule has 0 spiro atoms. The number of hydrogen-bond acceptors (Lipinski definition) is 3. The molecular formula is C13H13NaO3S. The molecule has 0 aromatic heterocycles. The van der Waals surface area contributed by atoms with Gasteiger partial charge in [-0.05, 0) is 11.5 Å². The van der Waals surface area contributed by atoms with Crippen LogP contribution < -0.4 is 29.6 Å². The third-order valence-electron chi connectivity index (χ3n) is 2.36. The second kappa shape index (κ2) is 6.50. The summed E-state index contributed by atoms with van der Waals surface area (Å²) < 4.78 is 28.7. The van der Waals surface area contributed by atoms with Crippen LogP contribution in [0.5, 0.6) is 0 Å². The first kappa shape index (κ1) is 15.4. The molecule has 0 bridgehead atoms. The first-order valence-corrected chi connectivity index (χ1v) is 6.54. The van der Waals surface area contributed by atoms with E-state index >= 15 is 0 Å². The topological polar surface area (TPSA) is 43.4 Å². The summed E-state index contributed by atoms with van der Waals surface area (Å²) in [6.07, 6.45) is 1.41. The van der Waals surface area contributed by atoms with Crippen molar-refractivity contribution in [3.05, 3.63) is 55.1 Å². The molecule has 0 atom stereocenters. The molecule has 0 amide bonds. The Hall–Kier alpha value is -0.650. The van der Waals surface area contributed by atoms with Crippen LogP contribution >= 0.6 is 0 Å². The summed E-state index contributed by atoms with van der Waals surface area (Å²) in [7, 11) is -3.72. The minimum Gasteiger partial charge on any atom is -1.00 e. The maximum Gasteiger partial charge on any atom is 1.00 e. The van der Waals surface area contributed by atoms with Crippen LogP contribution in [0.3, 0.4) is 0 Å². The summed E-state index contributed by atoms with van der Waals surface area (Å²) in [5.74, 6) is 0. The largest absolute Gasteiger partial charge is 1.00 e. The van der Waals surface area contributed by atoms with Crippen LogP contribution in [0.4, 0.5) is 0 Å². The van der Waals surface area contributed by atoms with E-state index in [0.717, 1.165) is 5.39 Å². The smallest absolute Gasteiger partial charge is 1.00 e. The van der Waals surface area contributed by atoms with E-state index in [4.69, 9.17) is 4.18 Å². The molecule has 0 heterocycles. The van der Waals surface area contributed by atoms with Crippen LogP contribution in [-0.2, 0) is 14.3 Å². The Kier molecular flexibility index (Phi) is 5.56. The van der Waals surface area contributed by atoms with E-state index in [0.29, 0.717) is 5.39 Å². The van der Waals surface area contributed by atoms with Gasteiger partial charge in [-0.3, -0.25) is 4.18 Å². The average molecular weight is 272 g/mol. The SMILES string of the molecule is C=CCOS(=O)(=O)c1cccc2ccccc12.[H-].[Na+]. The second-order valence-electron chi connectivity index (χ2n) is 3.50. The van der Waals surface area contributed by atoms with Crippen LogP contribution in [0.2, 0.25) is 0 Å². The van der Waals surface area contributed by atoms with Crippen molar-refractivity contribution in [3.63, 3.8) is 0 Å². The van der Waals surface area contributed by atoms with Crippen molar-refractivity contribution >= 4 is 20.9 Å². The van der Waals surface area contributed by atoms with Crippen molar-refractivity contribution in [1.82, 2.24) is 0 Å². The first-order valence-electron chi connectivity index (χ1n) is 5.13. The fourth-order valence-electron chi connectivity index (χ4n) is 1.61. The summed E-state index contributed by atoms with van der Waals surface area (Å²) in [4.78, 5) is 0.192. The van der Waals surface area contributed by atoms with Crippen molar-refractivity contribution in [2.45, 2.75) is 4.90 Å². The van der Waals surface area contributed by atoms with Crippen molar-refractivity contribution in [2.24, 2.45) is 0 Å². The molecule has 2 aromatic carbocycles. The minimum absolute atomic E-state index is 0. The first-order chi connectivity index (χ1) is 8.15. The van der Waals surface area contributed by atoms with E-state index in [1.165, 1.54) is 6.08 Å². The van der Waals surface area contributed by atoms with Gasteiger partial charge in [0, 0.05) is 5.39 Å². The average Bonchev–Trinajstić information content (AvgIpc) is 2.36. The van der Waals surface area contributed by atoms with Crippen LogP contribution in [0.1, 0.15) is 1.43 Å². The number of benzene rings is 2. The van der Waals surface area contributed by atoms with Gasteiger partial charge >= 0.3 is 29.6 Å². The van der Waals surface area contributed by atoms with Gasteiger partial charge in [0.25, 0.3) is 10.1 Å². The van der Waals surface area contributed by atoms with Gasteiger partial charge in [-0.2, -0.15) is 8.42 Å². The number of fused-ring (bicyclic) bond motifs is 1. The molecule has 0 fully saturated rings. The van der Waals surface area contributed by atoms with E-state index in [1.54, 1.807) is 24.3 Å². The summed E-state index contributed by atoms with van der Waals surface area (Å²) in [5, 5.41) is 1.54. The van der Waals surface area contributed by atoms with Gasteiger partial charge in [-0.15, -0.1) is 6.58 Å². The molecule has 0 aliphatic heterocycles. The molecule has 0 N–H and O–H groups in total. The molecule has 18 heavy (non-hydrogen) atoms. The molecule has 0 radical (unpaired) electrons. The van der Waals surface area contributed by atoms with Gasteiger partial charge in [-0.25, -0.2) is 0 Å². The Bertz CT molecular complexity index is 650. The summed E-state index contributed by atoms with van der Waals surface area (Å²) in [5.41, 5.74) is 0. The molecule has 2 rings (SSSR count). The third-order valence-corrected chi connectivity index (χ3v) is 3.70. The normalized spacial score (nSPS) is 10.9. The molecule has 0 unspecified atom stereocenters. The van der Waals surface area contributed by atoms with Gasteiger partial charge in [0.05, 0.1) is 6.61 Å². The fourth-order valence-corrected chi connectivity index (χ4v) is 2.72. The molecule has 5 heteroatoms. The van der Waals surface area contributed by atoms with Crippen LogP contribution in [-0.4, -0.2) is 15.0 Å². The van der Waals surface area contributed by atoms with Crippen LogP contribution in [0.15, 0.2) is 60.0 Å². The van der Waals surface area contributed by atoms with Crippen molar-refractivity contribution < 1.29 is 43.6 Å². The van der Waals surface area contributed by atoms with E-state index in [9.17, 15) is 8.42 Å². The predicted molar refractivity (Wildman–Crippen MR) is 68.4 cm³/mol. The molecule has 0 aliphatic carbocycles. The Balaban J connectivity index is 0.00000162. The summed E-state index contributed by atoms with van der Waals surface area (Å²) in [6, 6.07) is 12.4. The maximum absolute atomic E-state index is 11.9. The molecule has 2 aromatic rings. The Morgan fingerprint density at radius 1 is 1.17 bits per heavy atom. The van der Waals surface area contributed by atoms with Crippen LogP contribution in [0, 0.1) is 0 Å². The third kappa shape index (κ3) is 3.22. The molecule has 0 saturated carbocycles. The summed E-state index contributed by atoms with van der Waals surface area (Å²) >= 11 is 0. The molecule has 0 saturated heterocycles. The molecule has 90 valence electrons. The van der Waals surface area contributed by atoms with Crippen molar-refractivity contribution in [3.8, 4) is 0 Å². The van der Waals surface area contributed by atoms with Crippen molar-refractivity contribution in [1.29, 1.82) is 0 Å². The Labute approximate surface area is 130 Å². The number of hydrogen-bond donors (Lipinski definition) is 0. The monoisotopic (exact) mass is 272 g/mol. The second-order valence-corrected chi connectivity index (χ2v) is 5.09. The zero-order chi connectivity index (χ0) is 12.3. The molecule has 3 nitrogen and oxygen atoms in total. The number of rotatable bonds is 4. The maximum atomic E-state index is 11.9. The van der Waals surface area contributed by atoms with Gasteiger partial charge in [0.1, 0.15) is 4.90 Å². The van der Waals surface area contributed by atoms with Gasteiger partial charge in [-0.1, -0.05) is 42.5 Å². The van der Waals surface area contributed by atoms with E-state index in [2.05, 4.69) is 6.58 Å². The Morgan fingerprint density at radius 3 is 2.56 bits per heavy atom. The summed E-state index contributed by atoms with van der Waals surface area (Å²) in [6.45, 7) is 3.41. The van der Waals surface area contributed by atoms with E-state index in [-0.39, 0.29) is 42.5 Å². The molecular weight excluding hydrogens is 259 g/mol. The fraction of sp³-hybridized carbons (Fsp3) is 0.0769. The predicted octanol–water partition coefficient (Wildman–Crippen LogP) is -0.152. The quantitative estimate of drug-likeness (QED) is 0.441. The Morgan fingerprint density at radius 2 is 1.83 bits per heavy atom. The minimum atomic E-state index is -3.72. The van der Waals surface area contributed by atoms with Crippen LogP contribution in [0.25, 0.3) is 10.8 Å². The van der Waals surface area contributed by atoms with E-state index in [1.807, 2.05) is 18.2 Å². The zero-order valence-corrected chi connectivity index (χ0v) is 13.0. The van der Waals surface area contributed by atoms with Crippen molar-refractivity contribution in [2.75, 3.05) is 6.61 Å². The zero-order valence-electron chi connectivity index (χ0n) is 11.2. The van der Waals surface area contributed by atoms with Gasteiger partial charge in [0.15, 0.2) is 0 Å². The standard InChI is InChI=1S/C13H12O3S.Na.H/c1-2-10-16-17(14,15)13-9-5-7-11-6-3-4-8-12(11)13;;/h2-9H,1,10H2;;/q;+1;-1.